The van der Waals surface area contributed by atoms with Crippen LogP contribution in [-0.4, -0.2) is 0 Å². The number of alkyl halides is 2. The summed E-state index contributed by atoms with van der Waals surface area (Å²) in [4.78, 5) is 0. The fourth-order valence-electron chi connectivity index (χ4n) is 2.90. The molecule has 0 unspecified atom stereocenters. The Hall–Kier alpha value is -2.96. The summed E-state index contributed by atoms with van der Waals surface area (Å²) in [5.41, 5.74) is -0.916. The van der Waals surface area contributed by atoms with E-state index in [-0.39, 0.29) is 17.5 Å². The third-order valence-electron chi connectivity index (χ3n) is 4.34. The highest BCUT2D eigenvalue weighted by Gasteiger charge is 2.39. The van der Waals surface area contributed by atoms with Crippen molar-refractivity contribution in [2.75, 3.05) is 0 Å². The van der Waals surface area contributed by atoms with Crippen LogP contribution in [0.25, 0.3) is 11.1 Å². The largest absolute Gasteiger partial charge is 0.429 e. The number of halogens is 6. The van der Waals surface area contributed by atoms with E-state index in [0.29, 0.717) is 18.1 Å². The first-order valence-electron chi connectivity index (χ1n) is 8.82. The zero-order chi connectivity index (χ0) is 21.2. The van der Waals surface area contributed by atoms with Crippen LogP contribution in [0.5, 0.6) is 5.75 Å². The highest BCUT2D eigenvalue weighted by molar-refractivity contribution is 5.64. The SMILES string of the molecule is CCCc1ccc(C(F)(F)Oc2ccc(-c3ccc(F)cc3)c(F)c2)c(F)c1F. The van der Waals surface area contributed by atoms with Crippen LogP contribution in [0.1, 0.15) is 24.5 Å². The van der Waals surface area contributed by atoms with Crippen molar-refractivity contribution in [1.29, 1.82) is 0 Å². The Morgan fingerprint density at radius 3 is 2.14 bits per heavy atom. The average Bonchev–Trinajstić information content (AvgIpc) is 2.66. The molecule has 0 saturated heterocycles. The summed E-state index contributed by atoms with van der Waals surface area (Å²) in [7, 11) is 0. The molecule has 0 fully saturated rings. The van der Waals surface area contributed by atoms with Gasteiger partial charge in [0.25, 0.3) is 0 Å². The van der Waals surface area contributed by atoms with Crippen LogP contribution in [0.3, 0.4) is 0 Å². The predicted molar refractivity (Wildman–Crippen MR) is 96.7 cm³/mol. The summed E-state index contributed by atoms with van der Waals surface area (Å²) in [5.74, 6) is -5.03. The van der Waals surface area contributed by atoms with Crippen molar-refractivity contribution in [3.05, 3.63) is 89.0 Å². The lowest BCUT2D eigenvalue weighted by Gasteiger charge is -2.20. The molecular formula is C22H16F6O. The van der Waals surface area contributed by atoms with Gasteiger partial charge in [-0.15, -0.1) is 0 Å². The van der Waals surface area contributed by atoms with E-state index in [4.69, 9.17) is 0 Å². The lowest BCUT2D eigenvalue weighted by atomic mass is 10.0. The van der Waals surface area contributed by atoms with Gasteiger partial charge < -0.3 is 4.74 Å². The maximum absolute atomic E-state index is 14.4. The Bertz CT molecular complexity index is 1010. The van der Waals surface area contributed by atoms with Crippen molar-refractivity contribution >= 4 is 0 Å². The molecule has 0 aliphatic rings. The van der Waals surface area contributed by atoms with Crippen molar-refractivity contribution in [1.82, 2.24) is 0 Å². The van der Waals surface area contributed by atoms with Gasteiger partial charge in [0.2, 0.25) is 0 Å². The molecule has 0 N–H and O–H groups in total. The molecule has 3 aromatic rings. The minimum atomic E-state index is -4.22. The van der Waals surface area contributed by atoms with Crippen LogP contribution in [0.2, 0.25) is 0 Å². The van der Waals surface area contributed by atoms with Gasteiger partial charge in [0, 0.05) is 11.6 Å². The van der Waals surface area contributed by atoms with E-state index < -0.39 is 40.7 Å². The molecule has 0 aromatic heterocycles. The van der Waals surface area contributed by atoms with E-state index in [1.807, 2.05) is 0 Å². The number of rotatable bonds is 6. The van der Waals surface area contributed by atoms with Crippen LogP contribution >= 0.6 is 0 Å². The third kappa shape index (κ3) is 4.39. The molecular weight excluding hydrogens is 394 g/mol. The summed E-state index contributed by atoms with van der Waals surface area (Å²) in [6, 6.07) is 9.70. The number of ether oxygens (including phenoxy) is 1. The topological polar surface area (TPSA) is 9.23 Å². The summed E-state index contributed by atoms with van der Waals surface area (Å²) >= 11 is 0. The number of aryl methyl sites for hydroxylation is 1. The monoisotopic (exact) mass is 410 g/mol. The second kappa shape index (κ2) is 8.19. The molecule has 0 aliphatic carbocycles. The molecule has 0 bridgehead atoms. The van der Waals surface area contributed by atoms with Crippen LogP contribution in [0.4, 0.5) is 26.3 Å². The molecule has 0 atom stereocenters. The lowest BCUT2D eigenvalue weighted by molar-refractivity contribution is -0.187. The van der Waals surface area contributed by atoms with Crippen LogP contribution in [0.15, 0.2) is 54.6 Å². The number of benzene rings is 3. The van der Waals surface area contributed by atoms with E-state index in [9.17, 15) is 26.3 Å². The summed E-state index contributed by atoms with van der Waals surface area (Å²) in [6.45, 7) is 1.74. The van der Waals surface area contributed by atoms with Gasteiger partial charge >= 0.3 is 6.11 Å². The summed E-state index contributed by atoms with van der Waals surface area (Å²) < 4.78 is 88.8. The molecule has 7 heteroatoms. The first kappa shape index (κ1) is 20.8. The van der Waals surface area contributed by atoms with E-state index in [0.717, 1.165) is 30.3 Å². The summed E-state index contributed by atoms with van der Waals surface area (Å²) in [5, 5.41) is 0. The minimum absolute atomic E-state index is 0.0146. The highest BCUT2D eigenvalue weighted by Crippen LogP contribution is 2.36. The van der Waals surface area contributed by atoms with Gasteiger partial charge in [-0.1, -0.05) is 31.5 Å². The maximum Gasteiger partial charge on any atom is 0.429 e. The minimum Gasteiger partial charge on any atom is -0.429 e. The molecule has 0 aliphatic heterocycles. The molecule has 0 spiro atoms. The molecule has 29 heavy (non-hydrogen) atoms. The maximum atomic E-state index is 14.4. The predicted octanol–water partition coefficient (Wildman–Crippen LogP) is 6.99. The lowest BCUT2D eigenvalue weighted by Crippen LogP contribution is -2.24. The van der Waals surface area contributed by atoms with E-state index >= 15 is 0 Å². The van der Waals surface area contributed by atoms with Gasteiger partial charge in [-0.05, 0) is 47.9 Å². The zero-order valence-electron chi connectivity index (χ0n) is 15.3. The fraction of sp³-hybridized carbons (Fsp3) is 0.182. The average molecular weight is 410 g/mol. The Kier molecular flexibility index (Phi) is 5.86. The molecule has 0 radical (unpaired) electrons. The Morgan fingerprint density at radius 2 is 1.52 bits per heavy atom. The van der Waals surface area contributed by atoms with Gasteiger partial charge in [-0.2, -0.15) is 8.78 Å². The third-order valence-corrected chi connectivity index (χ3v) is 4.34. The number of hydrogen-bond donors (Lipinski definition) is 0. The zero-order valence-corrected chi connectivity index (χ0v) is 15.3. The van der Waals surface area contributed by atoms with Crippen molar-refractivity contribution < 1.29 is 31.1 Å². The van der Waals surface area contributed by atoms with Crippen LogP contribution < -0.4 is 4.74 Å². The fourth-order valence-corrected chi connectivity index (χ4v) is 2.90. The van der Waals surface area contributed by atoms with Gasteiger partial charge in [-0.25, -0.2) is 17.6 Å². The summed E-state index contributed by atoms with van der Waals surface area (Å²) in [6.07, 6.45) is -3.51. The standard InChI is InChI=1S/C22H16F6O/c1-2-3-14-6-11-18(21(26)20(14)25)22(27,28)29-16-9-10-17(19(24)12-16)13-4-7-15(23)8-5-13/h4-12H,2-3H2,1H3. The normalized spacial score (nSPS) is 11.6. The van der Waals surface area contributed by atoms with Crippen molar-refractivity contribution in [2.45, 2.75) is 25.9 Å². The van der Waals surface area contributed by atoms with Crippen LogP contribution in [-0.2, 0) is 12.5 Å². The van der Waals surface area contributed by atoms with E-state index in [2.05, 4.69) is 4.74 Å². The molecule has 0 saturated carbocycles. The molecule has 1 nitrogen and oxygen atoms in total. The Morgan fingerprint density at radius 1 is 0.828 bits per heavy atom. The van der Waals surface area contributed by atoms with Crippen LogP contribution in [0, 0.1) is 23.3 Å². The highest BCUT2D eigenvalue weighted by atomic mass is 19.3. The molecule has 3 rings (SSSR count). The molecule has 0 heterocycles. The Labute approximate surface area is 163 Å². The second-order valence-corrected chi connectivity index (χ2v) is 6.42. The van der Waals surface area contributed by atoms with Crippen molar-refractivity contribution in [2.24, 2.45) is 0 Å². The van der Waals surface area contributed by atoms with Crippen molar-refractivity contribution in [3.8, 4) is 16.9 Å². The quantitative estimate of drug-likeness (QED) is 0.398. The smallest absolute Gasteiger partial charge is 0.429 e. The second-order valence-electron chi connectivity index (χ2n) is 6.42. The Balaban J connectivity index is 1.88. The van der Waals surface area contributed by atoms with Gasteiger partial charge in [0.05, 0.1) is 0 Å². The number of hydrogen-bond acceptors (Lipinski definition) is 1. The van der Waals surface area contributed by atoms with Gasteiger partial charge in [-0.3, -0.25) is 0 Å². The first-order valence-corrected chi connectivity index (χ1v) is 8.82. The molecule has 3 aromatic carbocycles. The van der Waals surface area contributed by atoms with Crippen molar-refractivity contribution in [3.63, 3.8) is 0 Å². The van der Waals surface area contributed by atoms with Gasteiger partial charge in [0.1, 0.15) is 22.9 Å². The molecule has 0 amide bonds. The van der Waals surface area contributed by atoms with E-state index in [1.165, 1.54) is 18.2 Å². The van der Waals surface area contributed by atoms with Gasteiger partial charge in [0.15, 0.2) is 11.6 Å². The van der Waals surface area contributed by atoms with E-state index in [1.54, 1.807) is 6.92 Å². The first-order chi connectivity index (χ1) is 13.7. The molecule has 152 valence electrons.